The van der Waals surface area contributed by atoms with Gasteiger partial charge in [-0.15, -0.1) is 11.3 Å². The molecule has 0 bridgehead atoms. The van der Waals surface area contributed by atoms with Crippen molar-refractivity contribution in [3.8, 4) is 5.95 Å². The van der Waals surface area contributed by atoms with Crippen molar-refractivity contribution in [2.45, 2.75) is 6.54 Å². The molecule has 0 saturated carbocycles. The van der Waals surface area contributed by atoms with E-state index in [-0.39, 0.29) is 0 Å². The van der Waals surface area contributed by atoms with Crippen LogP contribution in [0.3, 0.4) is 0 Å². The van der Waals surface area contributed by atoms with Gasteiger partial charge in [0.05, 0.1) is 17.7 Å². The van der Waals surface area contributed by atoms with E-state index in [0.717, 1.165) is 5.69 Å². The van der Waals surface area contributed by atoms with Gasteiger partial charge in [0.1, 0.15) is 12.7 Å². The molecule has 0 aliphatic heterocycles. The molecule has 3 aromatic heterocycles. The maximum atomic E-state index is 4.29. The first kappa shape index (κ1) is 12.4. The number of aromatic nitrogens is 7. The maximum Gasteiger partial charge on any atom is 0.258 e. The fourth-order valence-corrected chi connectivity index (χ4v) is 2.02. The Hall–Kier alpha value is -2.62. The second-order valence-electron chi connectivity index (χ2n) is 3.71. The fraction of sp³-hybridized carbons (Fsp3) is 0.200. The molecule has 0 radical (unpaired) electrons. The molecule has 0 aliphatic carbocycles. The van der Waals surface area contributed by atoms with E-state index >= 15 is 0 Å². The van der Waals surface area contributed by atoms with Crippen molar-refractivity contribution < 1.29 is 0 Å². The van der Waals surface area contributed by atoms with Crippen molar-refractivity contribution in [2.24, 2.45) is 0 Å². The molecule has 0 spiro atoms. The molecule has 3 rings (SSSR count). The topological polar surface area (TPSA) is 106 Å². The number of hydrogen-bond donors (Lipinski definition) is 2. The van der Waals surface area contributed by atoms with Crippen LogP contribution >= 0.6 is 11.3 Å². The Morgan fingerprint density at radius 1 is 1.25 bits per heavy atom. The van der Waals surface area contributed by atoms with Crippen LogP contribution in [0.1, 0.15) is 5.69 Å². The Morgan fingerprint density at radius 3 is 2.85 bits per heavy atom. The van der Waals surface area contributed by atoms with Crippen LogP contribution in [0.5, 0.6) is 0 Å². The SMILES string of the molecule is CNc1nc(NCc2cscn2)nc(-n2cncn2)n1. The predicted octanol–water partition coefficient (Wildman–Crippen LogP) is 0.563. The summed E-state index contributed by atoms with van der Waals surface area (Å²) in [6.45, 7) is 0.549. The van der Waals surface area contributed by atoms with Gasteiger partial charge in [0.2, 0.25) is 11.9 Å². The molecule has 10 heteroatoms. The lowest BCUT2D eigenvalue weighted by Crippen LogP contribution is -2.11. The zero-order chi connectivity index (χ0) is 13.8. The molecule has 9 nitrogen and oxygen atoms in total. The first-order chi connectivity index (χ1) is 9.85. The van der Waals surface area contributed by atoms with E-state index < -0.39 is 0 Å². The summed E-state index contributed by atoms with van der Waals surface area (Å²) in [5.74, 6) is 1.29. The summed E-state index contributed by atoms with van der Waals surface area (Å²) in [7, 11) is 1.74. The van der Waals surface area contributed by atoms with Crippen molar-refractivity contribution in [1.82, 2.24) is 34.7 Å². The Kier molecular flexibility index (Phi) is 3.46. The lowest BCUT2D eigenvalue weighted by atomic mass is 10.5. The Morgan fingerprint density at radius 2 is 2.15 bits per heavy atom. The van der Waals surface area contributed by atoms with Gasteiger partial charge in [-0.1, -0.05) is 0 Å². The Labute approximate surface area is 118 Å². The summed E-state index contributed by atoms with van der Waals surface area (Å²) in [4.78, 5) is 20.8. The zero-order valence-electron chi connectivity index (χ0n) is 10.6. The number of nitrogens with zero attached hydrogens (tertiary/aromatic N) is 7. The van der Waals surface area contributed by atoms with Gasteiger partial charge in [0.25, 0.3) is 5.95 Å². The minimum Gasteiger partial charge on any atom is -0.357 e. The van der Waals surface area contributed by atoms with Gasteiger partial charge in [-0.3, -0.25) is 0 Å². The van der Waals surface area contributed by atoms with Crippen LogP contribution in [0.25, 0.3) is 5.95 Å². The van der Waals surface area contributed by atoms with Gasteiger partial charge in [-0.2, -0.15) is 24.7 Å². The lowest BCUT2D eigenvalue weighted by Gasteiger charge is -2.07. The summed E-state index contributed by atoms with van der Waals surface area (Å²) in [6.07, 6.45) is 2.95. The first-order valence-electron chi connectivity index (χ1n) is 5.75. The third-order valence-electron chi connectivity index (χ3n) is 2.38. The average Bonchev–Trinajstić information content (AvgIpc) is 3.17. The molecular formula is C10H11N9S. The number of thiazole rings is 1. The molecule has 3 heterocycles. The molecule has 0 atom stereocenters. The van der Waals surface area contributed by atoms with E-state index in [0.29, 0.717) is 24.4 Å². The fourth-order valence-electron chi connectivity index (χ4n) is 1.46. The largest absolute Gasteiger partial charge is 0.357 e. The van der Waals surface area contributed by atoms with E-state index in [1.54, 1.807) is 23.9 Å². The van der Waals surface area contributed by atoms with Gasteiger partial charge in [0.15, 0.2) is 0 Å². The van der Waals surface area contributed by atoms with Crippen LogP contribution in [-0.2, 0) is 6.54 Å². The minimum atomic E-state index is 0.391. The predicted molar refractivity (Wildman–Crippen MR) is 73.7 cm³/mol. The van der Waals surface area contributed by atoms with E-state index in [1.165, 1.54) is 17.3 Å². The summed E-state index contributed by atoms with van der Waals surface area (Å²) < 4.78 is 1.47. The molecule has 2 N–H and O–H groups in total. The van der Waals surface area contributed by atoms with Gasteiger partial charge < -0.3 is 10.6 Å². The van der Waals surface area contributed by atoms with Crippen molar-refractivity contribution in [3.05, 3.63) is 29.2 Å². The monoisotopic (exact) mass is 289 g/mol. The molecular weight excluding hydrogens is 278 g/mol. The molecule has 0 amide bonds. The van der Waals surface area contributed by atoms with Crippen molar-refractivity contribution in [3.63, 3.8) is 0 Å². The van der Waals surface area contributed by atoms with Crippen LogP contribution in [0.4, 0.5) is 11.9 Å². The van der Waals surface area contributed by atoms with E-state index in [1.807, 2.05) is 5.38 Å². The molecule has 0 aliphatic rings. The Balaban J connectivity index is 1.84. The molecule has 0 unspecified atom stereocenters. The highest BCUT2D eigenvalue weighted by atomic mass is 32.1. The maximum absolute atomic E-state index is 4.29. The van der Waals surface area contributed by atoms with Crippen LogP contribution in [0.15, 0.2) is 23.5 Å². The quantitative estimate of drug-likeness (QED) is 0.702. The molecule has 102 valence electrons. The third-order valence-corrected chi connectivity index (χ3v) is 3.02. The molecule has 0 saturated heterocycles. The average molecular weight is 289 g/mol. The third kappa shape index (κ3) is 2.69. The van der Waals surface area contributed by atoms with Gasteiger partial charge in [-0.05, 0) is 0 Å². The summed E-state index contributed by atoms with van der Waals surface area (Å²) in [5, 5.41) is 12.0. The lowest BCUT2D eigenvalue weighted by molar-refractivity contribution is 0.795. The second-order valence-corrected chi connectivity index (χ2v) is 4.42. The normalized spacial score (nSPS) is 10.4. The van der Waals surface area contributed by atoms with Gasteiger partial charge in [-0.25, -0.2) is 9.97 Å². The van der Waals surface area contributed by atoms with E-state index in [9.17, 15) is 0 Å². The van der Waals surface area contributed by atoms with E-state index in [4.69, 9.17) is 0 Å². The number of hydrogen-bond acceptors (Lipinski definition) is 9. The van der Waals surface area contributed by atoms with Crippen LogP contribution < -0.4 is 10.6 Å². The van der Waals surface area contributed by atoms with Gasteiger partial charge in [0, 0.05) is 12.4 Å². The molecule has 0 fully saturated rings. The molecule has 20 heavy (non-hydrogen) atoms. The van der Waals surface area contributed by atoms with Crippen molar-refractivity contribution in [1.29, 1.82) is 0 Å². The second kappa shape index (κ2) is 5.57. The van der Waals surface area contributed by atoms with Crippen molar-refractivity contribution in [2.75, 3.05) is 17.7 Å². The number of rotatable bonds is 5. The first-order valence-corrected chi connectivity index (χ1v) is 6.69. The smallest absolute Gasteiger partial charge is 0.258 e. The zero-order valence-corrected chi connectivity index (χ0v) is 11.4. The Bertz CT molecular complexity index is 664. The highest BCUT2D eigenvalue weighted by Gasteiger charge is 2.08. The number of nitrogens with one attached hydrogen (secondary N) is 2. The minimum absolute atomic E-state index is 0.391. The number of anilines is 2. The van der Waals surface area contributed by atoms with Crippen LogP contribution in [0, 0.1) is 0 Å². The van der Waals surface area contributed by atoms with Gasteiger partial charge >= 0.3 is 0 Å². The summed E-state index contributed by atoms with van der Waals surface area (Å²) in [5.41, 5.74) is 2.72. The summed E-state index contributed by atoms with van der Waals surface area (Å²) >= 11 is 1.54. The molecule has 3 aromatic rings. The van der Waals surface area contributed by atoms with E-state index in [2.05, 4.69) is 40.7 Å². The highest BCUT2D eigenvalue weighted by Crippen LogP contribution is 2.09. The standard InChI is InChI=1S/C10H11N9S/c1-11-8-16-9(13-2-7-3-20-6-14-7)18-10(17-8)19-5-12-4-15-19/h3-6H,2H2,1H3,(H2,11,13,16,17,18). The molecule has 0 aromatic carbocycles. The summed E-state index contributed by atoms with van der Waals surface area (Å²) in [6, 6.07) is 0. The van der Waals surface area contributed by atoms with Crippen LogP contribution in [-0.4, -0.2) is 41.7 Å². The van der Waals surface area contributed by atoms with Crippen LogP contribution in [0.2, 0.25) is 0 Å². The van der Waals surface area contributed by atoms with Crippen molar-refractivity contribution >= 4 is 23.2 Å². The highest BCUT2D eigenvalue weighted by molar-refractivity contribution is 7.07.